The molecule has 6 rings (SSSR count). The Kier molecular flexibility index (Phi) is 11.1. The molecule has 1 unspecified atom stereocenters. The monoisotopic (exact) mass is 661 g/mol. The van der Waals surface area contributed by atoms with Gasteiger partial charge in [-0.1, -0.05) is 149 Å². The van der Waals surface area contributed by atoms with Crippen molar-refractivity contribution in [1.29, 1.82) is 0 Å². The summed E-state index contributed by atoms with van der Waals surface area (Å²) in [7, 11) is 0. The van der Waals surface area contributed by atoms with Crippen molar-refractivity contribution in [3.05, 3.63) is 133 Å². The van der Waals surface area contributed by atoms with Crippen LogP contribution in [0.25, 0.3) is 56.4 Å². The number of hydrogen-bond donors (Lipinski definition) is 1. The molecule has 1 heterocycles. The van der Waals surface area contributed by atoms with E-state index >= 15 is 0 Å². The zero-order valence-electron chi connectivity index (χ0n) is 28.9. The number of nitrogens with zero attached hydrogens (tertiary/aromatic N) is 3. The van der Waals surface area contributed by atoms with E-state index in [9.17, 15) is 9.90 Å². The number of esters is 1. The molecule has 0 amide bonds. The average molecular weight is 662 g/mol. The molecule has 0 aliphatic rings. The second-order valence-corrected chi connectivity index (χ2v) is 13.0. The molecule has 6 aromatic rings. The van der Waals surface area contributed by atoms with E-state index in [1.165, 1.54) is 0 Å². The van der Waals surface area contributed by atoms with Gasteiger partial charge >= 0.3 is 5.97 Å². The Labute approximate surface area is 294 Å². The first-order chi connectivity index (χ1) is 24.4. The van der Waals surface area contributed by atoms with Gasteiger partial charge in [-0.25, -0.2) is 15.0 Å². The standard InChI is InChI=1S/C44H43N3O3/c1-4-41(49)50-29-38(17-11-12-30(2)3)37-26-27-39(40(48)28-37)44-46-42(35-22-18-33(19-23-35)31-13-7-5-8-14-31)45-43(47-44)36-24-20-34(21-25-36)32-15-9-6-10-16-32/h5-10,13-16,18-28,30,38,48H,4,11-12,17,29H2,1-3H3. The van der Waals surface area contributed by atoms with Crippen LogP contribution in [0, 0.1) is 5.92 Å². The summed E-state index contributed by atoms with van der Waals surface area (Å²) in [6, 6.07) is 42.4. The Morgan fingerprint density at radius 1 is 0.620 bits per heavy atom. The van der Waals surface area contributed by atoms with Crippen molar-refractivity contribution < 1.29 is 14.6 Å². The molecule has 0 aliphatic heterocycles. The average Bonchev–Trinajstić information content (AvgIpc) is 3.16. The molecule has 50 heavy (non-hydrogen) atoms. The van der Waals surface area contributed by atoms with E-state index < -0.39 is 0 Å². The van der Waals surface area contributed by atoms with E-state index in [2.05, 4.69) is 62.4 Å². The second-order valence-electron chi connectivity index (χ2n) is 13.0. The number of rotatable bonds is 13. The number of carbonyl (C=O) groups excluding carboxylic acids is 1. The maximum absolute atomic E-state index is 12.0. The lowest BCUT2D eigenvalue weighted by atomic mass is 9.91. The number of phenols is 1. The van der Waals surface area contributed by atoms with Crippen LogP contribution in [0.3, 0.4) is 0 Å². The topological polar surface area (TPSA) is 85.2 Å². The van der Waals surface area contributed by atoms with E-state index in [1.807, 2.05) is 72.8 Å². The van der Waals surface area contributed by atoms with Crippen LogP contribution in [0.4, 0.5) is 0 Å². The van der Waals surface area contributed by atoms with Crippen LogP contribution in [0.1, 0.15) is 57.9 Å². The van der Waals surface area contributed by atoms with Crippen LogP contribution >= 0.6 is 0 Å². The number of aromatic hydroxyl groups is 1. The van der Waals surface area contributed by atoms with Gasteiger partial charge in [0.1, 0.15) is 5.75 Å². The molecule has 6 heteroatoms. The zero-order chi connectivity index (χ0) is 34.9. The van der Waals surface area contributed by atoms with Crippen LogP contribution in [-0.2, 0) is 9.53 Å². The summed E-state index contributed by atoms with van der Waals surface area (Å²) in [5.74, 6) is 1.80. The molecule has 0 saturated carbocycles. The van der Waals surface area contributed by atoms with Crippen LogP contribution in [0.5, 0.6) is 5.75 Å². The minimum Gasteiger partial charge on any atom is -0.507 e. The van der Waals surface area contributed by atoms with E-state index in [4.69, 9.17) is 19.7 Å². The Morgan fingerprint density at radius 3 is 1.58 bits per heavy atom. The normalized spacial score (nSPS) is 11.8. The van der Waals surface area contributed by atoms with Gasteiger partial charge in [-0.05, 0) is 52.3 Å². The molecule has 6 nitrogen and oxygen atoms in total. The fraction of sp³-hybridized carbons (Fsp3) is 0.227. The summed E-state index contributed by atoms with van der Waals surface area (Å²) in [5.41, 5.74) is 7.57. The van der Waals surface area contributed by atoms with Crippen molar-refractivity contribution in [3.63, 3.8) is 0 Å². The molecule has 0 radical (unpaired) electrons. The molecule has 1 N–H and O–H groups in total. The van der Waals surface area contributed by atoms with Crippen LogP contribution in [0.15, 0.2) is 127 Å². The maximum atomic E-state index is 12.0. The van der Waals surface area contributed by atoms with Gasteiger partial charge in [0.15, 0.2) is 17.5 Å². The van der Waals surface area contributed by atoms with Crippen molar-refractivity contribution >= 4 is 5.97 Å². The number of aromatic nitrogens is 3. The molecular weight excluding hydrogens is 619 g/mol. The van der Waals surface area contributed by atoms with Gasteiger partial charge in [0.2, 0.25) is 0 Å². The molecule has 0 spiro atoms. The highest BCUT2D eigenvalue weighted by Crippen LogP contribution is 2.35. The first-order valence-corrected chi connectivity index (χ1v) is 17.4. The molecule has 0 saturated heterocycles. The van der Waals surface area contributed by atoms with Crippen LogP contribution in [-0.4, -0.2) is 32.6 Å². The van der Waals surface area contributed by atoms with E-state index in [0.29, 0.717) is 35.4 Å². The molecule has 1 aromatic heterocycles. The third-order valence-electron chi connectivity index (χ3n) is 8.94. The fourth-order valence-corrected chi connectivity index (χ4v) is 6.05. The van der Waals surface area contributed by atoms with Gasteiger partial charge in [-0.3, -0.25) is 4.79 Å². The Hall–Kier alpha value is -5.62. The van der Waals surface area contributed by atoms with Gasteiger partial charge in [-0.15, -0.1) is 0 Å². The van der Waals surface area contributed by atoms with Gasteiger partial charge in [0.25, 0.3) is 0 Å². The predicted molar refractivity (Wildman–Crippen MR) is 201 cm³/mol. The predicted octanol–water partition coefficient (Wildman–Crippen LogP) is 10.8. The smallest absolute Gasteiger partial charge is 0.305 e. The highest BCUT2D eigenvalue weighted by Gasteiger charge is 2.19. The first-order valence-electron chi connectivity index (χ1n) is 17.4. The van der Waals surface area contributed by atoms with Crippen LogP contribution in [0.2, 0.25) is 0 Å². The molecule has 0 aliphatic carbocycles. The lowest BCUT2D eigenvalue weighted by Crippen LogP contribution is -2.13. The van der Waals surface area contributed by atoms with E-state index in [-0.39, 0.29) is 24.2 Å². The third kappa shape index (κ3) is 8.50. The maximum Gasteiger partial charge on any atom is 0.305 e. The van der Waals surface area contributed by atoms with Crippen molar-refractivity contribution in [2.24, 2.45) is 5.92 Å². The number of carbonyl (C=O) groups is 1. The van der Waals surface area contributed by atoms with Crippen molar-refractivity contribution in [2.75, 3.05) is 6.61 Å². The Bertz CT molecular complexity index is 1910. The van der Waals surface area contributed by atoms with E-state index in [0.717, 1.165) is 58.2 Å². The number of benzene rings is 5. The highest BCUT2D eigenvalue weighted by molar-refractivity contribution is 5.74. The van der Waals surface area contributed by atoms with Gasteiger partial charge in [0, 0.05) is 23.5 Å². The molecule has 0 bridgehead atoms. The van der Waals surface area contributed by atoms with Gasteiger partial charge in [0.05, 0.1) is 12.2 Å². The fourth-order valence-electron chi connectivity index (χ4n) is 6.05. The number of phenolic OH excluding ortho intramolecular Hbond substituents is 1. The zero-order valence-corrected chi connectivity index (χ0v) is 28.9. The van der Waals surface area contributed by atoms with Crippen molar-refractivity contribution in [1.82, 2.24) is 15.0 Å². The molecule has 0 fully saturated rings. The number of hydrogen-bond acceptors (Lipinski definition) is 6. The quantitative estimate of drug-likeness (QED) is 0.124. The largest absolute Gasteiger partial charge is 0.507 e. The van der Waals surface area contributed by atoms with Gasteiger partial charge < -0.3 is 9.84 Å². The summed E-state index contributed by atoms with van der Waals surface area (Å²) >= 11 is 0. The Balaban J connectivity index is 1.37. The summed E-state index contributed by atoms with van der Waals surface area (Å²) in [6.45, 7) is 6.49. The first kappa shape index (κ1) is 34.3. The SMILES string of the molecule is CCC(=O)OCC(CCCC(C)C)c1ccc(-c2nc(-c3ccc(-c4ccccc4)cc3)nc(-c3ccc(-c4ccccc4)cc3)n2)c(O)c1. The minimum absolute atomic E-state index is 0.0278. The summed E-state index contributed by atoms with van der Waals surface area (Å²) in [5, 5.41) is 11.5. The molecule has 5 aromatic carbocycles. The second kappa shape index (κ2) is 16.2. The summed E-state index contributed by atoms with van der Waals surface area (Å²) < 4.78 is 5.57. The Morgan fingerprint density at radius 2 is 1.10 bits per heavy atom. The lowest BCUT2D eigenvalue weighted by molar-refractivity contribution is -0.143. The number of ether oxygens (including phenoxy) is 1. The third-order valence-corrected chi connectivity index (χ3v) is 8.94. The lowest BCUT2D eigenvalue weighted by Gasteiger charge is -2.19. The van der Waals surface area contributed by atoms with Crippen molar-refractivity contribution in [2.45, 2.75) is 52.4 Å². The highest BCUT2D eigenvalue weighted by atomic mass is 16.5. The molecule has 1 atom stereocenters. The van der Waals surface area contributed by atoms with Crippen LogP contribution < -0.4 is 0 Å². The van der Waals surface area contributed by atoms with E-state index in [1.54, 1.807) is 13.0 Å². The summed E-state index contributed by atoms with van der Waals surface area (Å²) in [4.78, 5) is 26.7. The molecular formula is C44H43N3O3. The van der Waals surface area contributed by atoms with Crippen molar-refractivity contribution in [3.8, 4) is 62.2 Å². The molecule has 252 valence electrons. The van der Waals surface area contributed by atoms with Gasteiger partial charge in [-0.2, -0.15) is 0 Å². The summed E-state index contributed by atoms with van der Waals surface area (Å²) in [6.07, 6.45) is 3.26. The minimum atomic E-state index is -0.224.